The highest BCUT2D eigenvalue weighted by Gasteiger charge is 2.40. The molecule has 152 valence electrons. The number of carbonyl (C=O) groups is 2. The van der Waals surface area contributed by atoms with Crippen molar-refractivity contribution in [1.29, 1.82) is 0 Å². The molecule has 1 aromatic heterocycles. The lowest BCUT2D eigenvalue weighted by atomic mass is 10.0. The Morgan fingerprint density at radius 3 is 2.32 bits per heavy atom. The zero-order valence-corrected chi connectivity index (χ0v) is 16.3. The minimum absolute atomic E-state index is 0.0931. The van der Waals surface area contributed by atoms with Gasteiger partial charge in [0.2, 0.25) is 0 Å². The van der Waals surface area contributed by atoms with Gasteiger partial charge in [-0.25, -0.2) is 0 Å². The lowest BCUT2D eigenvalue weighted by molar-refractivity contribution is -0.181. The Bertz CT molecular complexity index is 699. The smallest absolute Gasteiger partial charge is 0.255 e. The first kappa shape index (κ1) is 19.3. The van der Waals surface area contributed by atoms with Gasteiger partial charge in [0, 0.05) is 44.4 Å². The molecule has 4 rings (SSSR count). The number of likely N-dealkylation sites (tertiary alicyclic amines) is 1. The summed E-state index contributed by atoms with van der Waals surface area (Å²) in [5.41, 5.74) is 0.906. The van der Waals surface area contributed by atoms with Crippen LogP contribution in [0.4, 0.5) is 0 Å². The summed E-state index contributed by atoms with van der Waals surface area (Å²) < 4.78 is 11.4. The number of nitrogens with zero attached hydrogens (tertiary/aromatic N) is 2. The van der Waals surface area contributed by atoms with Crippen LogP contribution in [0.15, 0.2) is 18.5 Å². The number of rotatable bonds is 3. The van der Waals surface area contributed by atoms with Gasteiger partial charge in [0.25, 0.3) is 11.8 Å². The first-order valence-corrected chi connectivity index (χ1v) is 10.5. The van der Waals surface area contributed by atoms with Crippen molar-refractivity contribution < 1.29 is 19.1 Å². The third kappa shape index (κ3) is 4.36. The highest BCUT2D eigenvalue weighted by atomic mass is 16.7. The largest absolute Gasteiger partial charge is 0.349 e. The fraction of sp³-hybridized carbons (Fsp3) is 0.667. The first-order chi connectivity index (χ1) is 13.7. The Hall–Kier alpha value is -1.99. The molecule has 0 radical (unpaired) electrons. The molecule has 7 heteroatoms. The summed E-state index contributed by atoms with van der Waals surface area (Å²) in [5, 5.41) is 3.12. The molecule has 1 saturated carbocycles. The minimum Gasteiger partial charge on any atom is -0.349 e. The lowest BCUT2D eigenvalue weighted by Gasteiger charge is -2.37. The molecule has 2 amide bonds. The summed E-state index contributed by atoms with van der Waals surface area (Å²) in [7, 11) is 0. The second kappa shape index (κ2) is 8.57. The maximum Gasteiger partial charge on any atom is 0.255 e. The Balaban J connectivity index is 1.37. The molecule has 0 aromatic carbocycles. The molecular formula is C21H29N3O4. The molecule has 3 aliphatic rings. The van der Waals surface area contributed by atoms with E-state index < -0.39 is 5.79 Å². The van der Waals surface area contributed by atoms with Gasteiger partial charge in [0.1, 0.15) is 0 Å². The SMILES string of the molecule is O=C(NC1CCCCCC1)c1cncc(C(=O)N2CCC3(CC2)OCCO3)c1. The van der Waals surface area contributed by atoms with Crippen LogP contribution in [0.3, 0.4) is 0 Å². The van der Waals surface area contributed by atoms with Crippen molar-refractivity contribution in [3.63, 3.8) is 0 Å². The molecule has 7 nitrogen and oxygen atoms in total. The van der Waals surface area contributed by atoms with Gasteiger partial charge < -0.3 is 19.7 Å². The van der Waals surface area contributed by atoms with Crippen LogP contribution in [0.25, 0.3) is 0 Å². The Labute approximate surface area is 165 Å². The van der Waals surface area contributed by atoms with Crippen molar-refractivity contribution in [2.45, 2.75) is 63.2 Å². The molecule has 1 spiro atoms. The van der Waals surface area contributed by atoms with Crippen molar-refractivity contribution in [3.8, 4) is 0 Å². The predicted molar refractivity (Wildman–Crippen MR) is 103 cm³/mol. The quantitative estimate of drug-likeness (QED) is 0.806. The molecule has 1 aliphatic carbocycles. The van der Waals surface area contributed by atoms with Crippen molar-refractivity contribution in [3.05, 3.63) is 29.6 Å². The molecule has 2 saturated heterocycles. The van der Waals surface area contributed by atoms with Gasteiger partial charge in [-0.1, -0.05) is 25.7 Å². The number of aromatic nitrogens is 1. The molecular weight excluding hydrogens is 358 g/mol. The predicted octanol–water partition coefficient (Wildman–Crippen LogP) is 2.51. The normalized spacial score (nSPS) is 22.8. The van der Waals surface area contributed by atoms with Crippen LogP contribution in [0.1, 0.15) is 72.1 Å². The van der Waals surface area contributed by atoms with Gasteiger partial charge in [-0.15, -0.1) is 0 Å². The highest BCUT2D eigenvalue weighted by molar-refractivity contribution is 5.99. The van der Waals surface area contributed by atoms with Gasteiger partial charge in [-0.05, 0) is 18.9 Å². The number of ether oxygens (including phenoxy) is 2. The van der Waals surface area contributed by atoms with Crippen molar-refractivity contribution >= 4 is 11.8 Å². The van der Waals surface area contributed by atoms with E-state index in [0.717, 1.165) is 25.7 Å². The Morgan fingerprint density at radius 2 is 1.64 bits per heavy atom. The molecule has 0 bridgehead atoms. The van der Waals surface area contributed by atoms with Crippen LogP contribution < -0.4 is 5.32 Å². The molecule has 1 aromatic rings. The number of nitrogens with one attached hydrogen (secondary N) is 1. The first-order valence-electron chi connectivity index (χ1n) is 10.5. The molecule has 0 atom stereocenters. The monoisotopic (exact) mass is 387 g/mol. The Kier molecular flexibility index (Phi) is 5.92. The second-order valence-electron chi connectivity index (χ2n) is 8.02. The molecule has 0 unspecified atom stereocenters. The van der Waals surface area contributed by atoms with Gasteiger partial charge in [-0.2, -0.15) is 0 Å². The maximum absolute atomic E-state index is 12.9. The number of piperidine rings is 1. The zero-order valence-electron chi connectivity index (χ0n) is 16.3. The maximum atomic E-state index is 12.9. The van der Waals surface area contributed by atoms with Crippen LogP contribution in [-0.2, 0) is 9.47 Å². The summed E-state index contributed by atoms with van der Waals surface area (Å²) in [5.74, 6) is -0.737. The van der Waals surface area contributed by atoms with E-state index >= 15 is 0 Å². The number of amides is 2. The third-order valence-electron chi connectivity index (χ3n) is 6.06. The highest BCUT2D eigenvalue weighted by Crippen LogP contribution is 2.31. The topological polar surface area (TPSA) is 80.8 Å². The molecule has 3 fully saturated rings. The van der Waals surface area contributed by atoms with E-state index in [0.29, 0.717) is 50.3 Å². The van der Waals surface area contributed by atoms with E-state index in [9.17, 15) is 9.59 Å². The molecule has 28 heavy (non-hydrogen) atoms. The van der Waals surface area contributed by atoms with Crippen molar-refractivity contribution in [2.75, 3.05) is 26.3 Å². The summed E-state index contributed by atoms with van der Waals surface area (Å²) in [6.07, 6.45) is 11.3. The lowest BCUT2D eigenvalue weighted by Crippen LogP contribution is -2.47. The Morgan fingerprint density at radius 1 is 1.00 bits per heavy atom. The molecule has 1 N–H and O–H groups in total. The van der Waals surface area contributed by atoms with Gasteiger partial charge in [0.05, 0.1) is 24.3 Å². The fourth-order valence-electron chi connectivity index (χ4n) is 4.39. The van der Waals surface area contributed by atoms with E-state index in [1.165, 1.54) is 25.2 Å². The summed E-state index contributed by atoms with van der Waals surface area (Å²) in [4.78, 5) is 31.5. The fourth-order valence-corrected chi connectivity index (χ4v) is 4.39. The van der Waals surface area contributed by atoms with Gasteiger partial charge >= 0.3 is 0 Å². The number of hydrogen-bond donors (Lipinski definition) is 1. The zero-order chi connectivity index (χ0) is 19.4. The van der Waals surface area contributed by atoms with E-state index in [1.807, 2.05) is 0 Å². The molecule has 2 aliphatic heterocycles. The van der Waals surface area contributed by atoms with E-state index in [4.69, 9.17) is 9.47 Å². The van der Waals surface area contributed by atoms with Crippen LogP contribution in [0.2, 0.25) is 0 Å². The van der Waals surface area contributed by atoms with E-state index in [-0.39, 0.29) is 17.9 Å². The number of carbonyl (C=O) groups excluding carboxylic acids is 2. The van der Waals surface area contributed by atoms with Gasteiger partial charge in [-0.3, -0.25) is 14.6 Å². The third-order valence-corrected chi connectivity index (χ3v) is 6.06. The summed E-state index contributed by atoms with van der Waals surface area (Å²) in [6.45, 7) is 2.40. The summed E-state index contributed by atoms with van der Waals surface area (Å²) >= 11 is 0. The average molecular weight is 387 g/mol. The number of pyridine rings is 1. The molecule has 3 heterocycles. The van der Waals surface area contributed by atoms with Gasteiger partial charge in [0.15, 0.2) is 5.79 Å². The van der Waals surface area contributed by atoms with E-state index in [1.54, 1.807) is 11.0 Å². The average Bonchev–Trinajstić information content (AvgIpc) is 3.02. The second-order valence-corrected chi connectivity index (χ2v) is 8.02. The van der Waals surface area contributed by atoms with Crippen molar-refractivity contribution in [1.82, 2.24) is 15.2 Å². The van der Waals surface area contributed by atoms with Crippen LogP contribution in [0, 0.1) is 0 Å². The van der Waals surface area contributed by atoms with Crippen LogP contribution in [-0.4, -0.2) is 59.8 Å². The van der Waals surface area contributed by atoms with Crippen LogP contribution >= 0.6 is 0 Å². The standard InChI is InChI=1S/C21H29N3O4/c25-19(23-18-5-3-1-2-4-6-18)16-13-17(15-22-14-16)20(26)24-9-7-21(8-10-24)27-11-12-28-21/h13-15,18H,1-12H2,(H,23,25). The van der Waals surface area contributed by atoms with E-state index in [2.05, 4.69) is 10.3 Å². The number of hydrogen-bond acceptors (Lipinski definition) is 5. The van der Waals surface area contributed by atoms with Crippen LogP contribution in [0.5, 0.6) is 0 Å². The minimum atomic E-state index is -0.504. The summed E-state index contributed by atoms with van der Waals surface area (Å²) in [6, 6.07) is 1.88. The van der Waals surface area contributed by atoms with Crippen molar-refractivity contribution in [2.24, 2.45) is 0 Å².